The molecule has 188 valence electrons. The van der Waals surface area contributed by atoms with Crippen LogP contribution >= 0.6 is 0 Å². The quantitative estimate of drug-likeness (QED) is 0.381. The van der Waals surface area contributed by atoms with Crippen LogP contribution in [0.3, 0.4) is 0 Å². The Morgan fingerprint density at radius 1 is 1.17 bits per heavy atom. The van der Waals surface area contributed by atoms with Gasteiger partial charge in [-0.3, -0.25) is 14.4 Å². The van der Waals surface area contributed by atoms with Crippen molar-refractivity contribution in [1.82, 2.24) is 9.80 Å². The zero-order valence-corrected chi connectivity index (χ0v) is 21.1. The monoisotopic (exact) mass is 489 g/mol. The summed E-state index contributed by atoms with van der Waals surface area (Å²) in [6.45, 7) is 5.06. The summed E-state index contributed by atoms with van der Waals surface area (Å²) in [7, 11) is 3.86. The van der Waals surface area contributed by atoms with Gasteiger partial charge in [-0.05, 0) is 70.7 Å². The molecule has 2 aromatic carbocycles. The maximum atomic E-state index is 14.2. The van der Waals surface area contributed by atoms with Gasteiger partial charge in [-0.2, -0.15) is 0 Å². The van der Waals surface area contributed by atoms with Crippen LogP contribution in [0.15, 0.2) is 48.0 Å². The molecule has 36 heavy (non-hydrogen) atoms. The van der Waals surface area contributed by atoms with Gasteiger partial charge in [-0.1, -0.05) is 18.2 Å². The third-order valence-corrected chi connectivity index (χ3v) is 7.28. The van der Waals surface area contributed by atoms with Gasteiger partial charge in [0.2, 0.25) is 0 Å². The second-order valence-corrected chi connectivity index (χ2v) is 9.90. The number of para-hydroxylation sites is 1. The highest BCUT2D eigenvalue weighted by atomic mass is 16.5. The molecule has 2 atom stereocenters. The fourth-order valence-corrected chi connectivity index (χ4v) is 5.74. The number of nitrogens with zero attached hydrogens (tertiary/aromatic N) is 3. The summed E-state index contributed by atoms with van der Waals surface area (Å²) in [5.41, 5.74) is 0.608. The summed E-state index contributed by atoms with van der Waals surface area (Å²) in [6.07, 6.45) is 1.25. The minimum atomic E-state index is -1.71. The molecule has 1 spiro atoms. The molecule has 1 fully saturated rings. The molecule has 2 aromatic rings. The smallest absolute Gasteiger partial charge is 0.296 e. The second kappa shape index (κ2) is 8.78. The van der Waals surface area contributed by atoms with E-state index in [2.05, 4.69) is 0 Å². The number of ketones is 1. The van der Waals surface area contributed by atoms with E-state index in [-0.39, 0.29) is 24.0 Å². The van der Waals surface area contributed by atoms with E-state index in [1.165, 1.54) is 4.90 Å². The average molecular weight is 490 g/mol. The van der Waals surface area contributed by atoms with Crippen LogP contribution < -0.4 is 9.64 Å². The molecule has 5 rings (SSSR count). The number of rotatable bonds is 6. The molecule has 0 aromatic heterocycles. The van der Waals surface area contributed by atoms with Crippen LogP contribution in [0.4, 0.5) is 5.69 Å². The lowest BCUT2D eigenvalue weighted by atomic mass is 9.81. The van der Waals surface area contributed by atoms with E-state index < -0.39 is 23.1 Å². The van der Waals surface area contributed by atoms with Gasteiger partial charge in [0.05, 0.1) is 11.3 Å². The first-order valence-corrected chi connectivity index (χ1v) is 12.4. The Balaban J connectivity index is 1.74. The van der Waals surface area contributed by atoms with E-state index >= 15 is 0 Å². The van der Waals surface area contributed by atoms with Gasteiger partial charge < -0.3 is 24.5 Å². The zero-order chi connectivity index (χ0) is 25.8. The molecule has 0 saturated carbocycles. The van der Waals surface area contributed by atoms with Crippen molar-refractivity contribution in [3.05, 3.63) is 64.7 Å². The highest BCUT2D eigenvalue weighted by Gasteiger charge is 2.66. The van der Waals surface area contributed by atoms with Crippen LogP contribution in [0.5, 0.6) is 5.75 Å². The first-order chi connectivity index (χ1) is 17.2. The standard InChI is InChI=1S/C28H31N3O5/c1-5-30-21-10-7-6-9-20(21)28(27(30)35)23(25(33)26(34)31(28)14-8-13-29(3)4)24(32)18-11-12-22-19(16-18)15-17(2)36-22/h6-7,9-12,16-17,32H,5,8,13-15H2,1-4H3/t17-,28+/m1/s1. The van der Waals surface area contributed by atoms with Crippen molar-refractivity contribution in [2.24, 2.45) is 0 Å². The Hall–Kier alpha value is -3.65. The van der Waals surface area contributed by atoms with Crippen LogP contribution in [0.1, 0.15) is 37.0 Å². The number of amides is 2. The maximum absolute atomic E-state index is 14.2. The summed E-state index contributed by atoms with van der Waals surface area (Å²) in [5.74, 6) is -1.61. The fourth-order valence-electron chi connectivity index (χ4n) is 5.74. The average Bonchev–Trinajstić information content (AvgIpc) is 3.42. The molecular weight excluding hydrogens is 458 g/mol. The van der Waals surface area contributed by atoms with Gasteiger partial charge in [-0.15, -0.1) is 0 Å². The number of hydrogen-bond acceptors (Lipinski definition) is 6. The number of fused-ring (bicyclic) bond motifs is 3. The minimum Gasteiger partial charge on any atom is -0.507 e. The molecule has 3 aliphatic heterocycles. The van der Waals surface area contributed by atoms with Crippen LogP contribution in [0, 0.1) is 0 Å². The van der Waals surface area contributed by atoms with E-state index in [0.29, 0.717) is 42.7 Å². The molecule has 0 bridgehead atoms. The number of Topliss-reactive ketones (excluding diaryl/α,β-unsaturated/α-hetero) is 1. The number of carbonyl (C=O) groups is 3. The van der Waals surface area contributed by atoms with Crippen molar-refractivity contribution >= 4 is 29.0 Å². The maximum Gasteiger partial charge on any atom is 0.296 e. The summed E-state index contributed by atoms with van der Waals surface area (Å²) < 4.78 is 5.78. The van der Waals surface area contributed by atoms with E-state index in [9.17, 15) is 19.5 Å². The molecule has 8 heteroatoms. The number of anilines is 1. The Morgan fingerprint density at radius 3 is 2.64 bits per heavy atom. The number of ether oxygens (including phenoxy) is 1. The molecule has 0 aliphatic carbocycles. The summed E-state index contributed by atoms with van der Waals surface area (Å²) in [4.78, 5) is 46.3. The topological polar surface area (TPSA) is 90.4 Å². The zero-order valence-electron chi connectivity index (χ0n) is 21.1. The number of aliphatic hydroxyl groups is 1. The highest BCUT2D eigenvalue weighted by Crippen LogP contribution is 2.53. The third kappa shape index (κ3) is 3.35. The number of benzene rings is 2. The predicted molar refractivity (Wildman–Crippen MR) is 136 cm³/mol. The highest BCUT2D eigenvalue weighted by molar-refractivity contribution is 6.50. The van der Waals surface area contributed by atoms with Crippen molar-refractivity contribution in [1.29, 1.82) is 0 Å². The number of aliphatic hydroxyl groups excluding tert-OH is 1. The Morgan fingerprint density at radius 2 is 1.92 bits per heavy atom. The van der Waals surface area contributed by atoms with Crippen molar-refractivity contribution in [3.63, 3.8) is 0 Å². The Kier molecular flexibility index (Phi) is 5.87. The SMILES string of the molecule is CCN1C(=O)[C@@]2(C(=C(O)c3ccc4c(c3)C[C@@H](C)O4)C(=O)C(=O)N2CCCN(C)C)c2ccccc21. The van der Waals surface area contributed by atoms with E-state index in [1.807, 2.05) is 45.0 Å². The Bertz CT molecular complexity index is 1300. The molecule has 1 saturated heterocycles. The van der Waals surface area contributed by atoms with Gasteiger partial charge in [-0.25, -0.2) is 0 Å². The lowest BCUT2D eigenvalue weighted by Gasteiger charge is -2.34. The lowest BCUT2D eigenvalue weighted by Crippen LogP contribution is -2.52. The van der Waals surface area contributed by atoms with Crippen molar-refractivity contribution < 1.29 is 24.2 Å². The number of likely N-dealkylation sites (N-methyl/N-ethyl adjacent to an activating group) is 1. The van der Waals surface area contributed by atoms with Gasteiger partial charge in [0, 0.05) is 30.6 Å². The molecule has 8 nitrogen and oxygen atoms in total. The second-order valence-electron chi connectivity index (χ2n) is 9.90. The van der Waals surface area contributed by atoms with Gasteiger partial charge in [0.1, 0.15) is 17.6 Å². The summed E-state index contributed by atoms with van der Waals surface area (Å²) >= 11 is 0. The molecule has 0 radical (unpaired) electrons. The van der Waals surface area contributed by atoms with Crippen molar-refractivity contribution in [2.45, 2.75) is 38.3 Å². The van der Waals surface area contributed by atoms with E-state index in [4.69, 9.17) is 4.74 Å². The number of hydrogen-bond donors (Lipinski definition) is 1. The van der Waals surface area contributed by atoms with Crippen LogP contribution in [0.2, 0.25) is 0 Å². The summed E-state index contributed by atoms with van der Waals surface area (Å²) in [5, 5.41) is 11.6. The largest absolute Gasteiger partial charge is 0.507 e. The Labute approximate surface area is 210 Å². The van der Waals surface area contributed by atoms with Gasteiger partial charge in [0.15, 0.2) is 5.54 Å². The first-order valence-electron chi connectivity index (χ1n) is 12.4. The van der Waals surface area contributed by atoms with Gasteiger partial charge in [0.25, 0.3) is 17.6 Å². The molecule has 0 unspecified atom stereocenters. The summed E-state index contributed by atoms with van der Waals surface area (Å²) in [6, 6.07) is 12.4. The first kappa shape index (κ1) is 24.1. The molecular formula is C28H31N3O5. The molecule has 3 heterocycles. The molecule has 1 N–H and O–H groups in total. The molecule has 2 amide bonds. The normalized spacial score (nSPS) is 24.1. The van der Waals surface area contributed by atoms with E-state index in [1.54, 1.807) is 35.2 Å². The predicted octanol–water partition coefficient (Wildman–Crippen LogP) is 2.90. The molecule has 3 aliphatic rings. The fraction of sp³-hybridized carbons (Fsp3) is 0.393. The number of carbonyl (C=O) groups excluding carboxylic acids is 3. The van der Waals surface area contributed by atoms with Crippen molar-refractivity contribution in [3.8, 4) is 5.75 Å². The van der Waals surface area contributed by atoms with Gasteiger partial charge >= 0.3 is 0 Å². The van der Waals surface area contributed by atoms with E-state index in [0.717, 1.165) is 11.3 Å². The number of likely N-dealkylation sites (tertiary alicyclic amines) is 1. The van der Waals surface area contributed by atoms with Crippen LogP contribution in [-0.4, -0.2) is 72.3 Å². The third-order valence-electron chi connectivity index (χ3n) is 7.28. The minimum absolute atomic E-state index is 0.0136. The van der Waals surface area contributed by atoms with Crippen LogP contribution in [-0.2, 0) is 26.3 Å². The lowest BCUT2D eigenvalue weighted by molar-refractivity contribution is -0.143. The van der Waals surface area contributed by atoms with Crippen LogP contribution in [0.25, 0.3) is 5.76 Å². The van der Waals surface area contributed by atoms with Crippen molar-refractivity contribution in [2.75, 3.05) is 38.6 Å².